The molecule has 9 nitrogen and oxygen atoms in total. The minimum atomic E-state index is -0.537. The first-order valence-corrected chi connectivity index (χ1v) is 19.5. The molecule has 8 atom stereocenters. The van der Waals surface area contributed by atoms with Crippen LogP contribution in [-0.2, 0) is 27.1 Å². The summed E-state index contributed by atoms with van der Waals surface area (Å²) in [6, 6.07) is 12.7. The highest BCUT2D eigenvalue weighted by atomic mass is 33.1. The number of nitrogens with zero attached hydrogens (tertiary/aromatic N) is 1. The number of pyridine rings is 1. The Bertz CT molecular complexity index is 1650. The number of rotatable bonds is 6. The van der Waals surface area contributed by atoms with E-state index in [9.17, 15) is 20.1 Å². The van der Waals surface area contributed by atoms with Crippen molar-refractivity contribution in [2.24, 2.45) is 17.8 Å². The lowest BCUT2D eigenvalue weighted by Gasteiger charge is -2.47. The van der Waals surface area contributed by atoms with E-state index in [1.54, 1.807) is 24.5 Å². The number of phenolic OH excluding ortho intramolecular Hbond substituents is 3. The largest absolute Gasteiger partial charge is 0.504 e. The summed E-state index contributed by atoms with van der Waals surface area (Å²) in [6.45, 7) is 1.70. The molecular formula is C38H43NO8S2. The van der Waals surface area contributed by atoms with Crippen LogP contribution in [0.25, 0.3) is 0 Å². The number of carbonyl (C=O) groups excluding carboxylic acids is 1. The average molecular weight is 706 g/mol. The van der Waals surface area contributed by atoms with E-state index in [0.29, 0.717) is 36.5 Å². The normalized spacial score (nSPS) is 29.5. The van der Waals surface area contributed by atoms with Crippen LogP contribution in [0, 0.1) is 17.8 Å². The monoisotopic (exact) mass is 705 g/mol. The number of fused-ring (bicyclic) bond motifs is 7. The molecule has 0 radical (unpaired) electrons. The van der Waals surface area contributed by atoms with Crippen molar-refractivity contribution >= 4 is 27.6 Å². The first-order valence-electron chi connectivity index (χ1n) is 17.2. The summed E-state index contributed by atoms with van der Waals surface area (Å²) in [6.07, 6.45) is 12.6. The molecule has 1 saturated heterocycles. The maximum absolute atomic E-state index is 12.4. The molecular weight excluding hydrogens is 663 g/mol. The predicted molar refractivity (Wildman–Crippen MR) is 189 cm³/mol. The molecule has 3 aromatic rings. The van der Waals surface area contributed by atoms with Gasteiger partial charge in [-0.05, 0) is 85.0 Å². The van der Waals surface area contributed by atoms with Gasteiger partial charge in [-0.3, -0.25) is 9.78 Å². The zero-order valence-electron chi connectivity index (χ0n) is 27.5. The second kappa shape index (κ2) is 15.1. The van der Waals surface area contributed by atoms with E-state index in [2.05, 4.69) is 17.1 Å². The first kappa shape index (κ1) is 33.9. The smallest absolute Gasteiger partial charge is 0.302 e. The molecule has 3 heterocycles. The number of hydrogen-bond donors (Lipinski definition) is 3. The number of benzene rings is 2. The summed E-state index contributed by atoms with van der Waals surface area (Å²) in [5.41, 5.74) is 2.66. The molecule has 2 aliphatic carbocycles. The summed E-state index contributed by atoms with van der Waals surface area (Å²) in [4.78, 5) is 16.5. The fourth-order valence-electron chi connectivity index (χ4n) is 7.67. The van der Waals surface area contributed by atoms with Crippen molar-refractivity contribution in [1.82, 2.24) is 4.98 Å². The van der Waals surface area contributed by atoms with Gasteiger partial charge in [0.15, 0.2) is 23.0 Å². The zero-order chi connectivity index (χ0) is 33.9. The van der Waals surface area contributed by atoms with Crippen LogP contribution in [0.3, 0.4) is 0 Å². The summed E-state index contributed by atoms with van der Waals surface area (Å²) in [5, 5.41) is 32.4. The van der Waals surface area contributed by atoms with Crippen LogP contribution >= 0.6 is 21.6 Å². The van der Waals surface area contributed by atoms with Crippen molar-refractivity contribution in [3.8, 4) is 28.7 Å². The standard InChI is InChI=1S/C38H43NO8S2/c1-22(40)45-33-19-32(26-17-31(42)37(43)35(18-26)44-13-11-23-5-3-12-39-20-23)47-38-28(33)8-10-36-29(38)15-24-7-9-30(41)34(16-24)46-27-6-2-4-25(14-27)21-48-49-36/h3,5,7-10,12,16-18,20,25,27-29,32-33,36,38,41-43H,2,4,6,11,13-15,19,21H2,1H3/t25-,27-,28+,29?,32-,33+,36+,38-/m0/s1. The second-order valence-corrected chi connectivity index (χ2v) is 16.2. The van der Waals surface area contributed by atoms with Crippen LogP contribution in [-0.4, -0.2) is 62.2 Å². The van der Waals surface area contributed by atoms with Crippen molar-refractivity contribution in [3.63, 3.8) is 0 Å². The van der Waals surface area contributed by atoms with Crippen LogP contribution in [0.4, 0.5) is 0 Å². The van der Waals surface area contributed by atoms with Gasteiger partial charge >= 0.3 is 5.97 Å². The molecule has 11 heteroatoms. The minimum absolute atomic E-state index is 0.00629. The molecule has 1 unspecified atom stereocenters. The molecule has 1 aromatic heterocycles. The number of esters is 1. The Morgan fingerprint density at radius 3 is 2.80 bits per heavy atom. The van der Waals surface area contributed by atoms with Crippen LogP contribution in [0.1, 0.15) is 61.8 Å². The maximum atomic E-state index is 12.4. The van der Waals surface area contributed by atoms with Gasteiger partial charge in [0.05, 0.1) is 24.9 Å². The Hall–Kier alpha value is -3.54. The van der Waals surface area contributed by atoms with Gasteiger partial charge in [0, 0.05) is 55.0 Å². The molecule has 2 aliphatic heterocycles. The van der Waals surface area contributed by atoms with E-state index in [0.717, 1.165) is 36.1 Å². The van der Waals surface area contributed by atoms with Crippen LogP contribution in [0.15, 0.2) is 67.0 Å². The topological polar surface area (TPSA) is 128 Å². The van der Waals surface area contributed by atoms with E-state index in [-0.39, 0.29) is 64.9 Å². The number of hydrogen-bond acceptors (Lipinski definition) is 11. The zero-order valence-corrected chi connectivity index (χ0v) is 29.1. The summed E-state index contributed by atoms with van der Waals surface area (Å²) in [7, 11) is 3.78. The van der Waals surface area contributed by atoms with Gasteiger partial charge in [0.2, 0.25) is 5.75 Å². The Kier molecular flexibility index (Phi) is 10.5. The molecule has 4 bridgehead atoms. The number of phenols is 3. The van der Waals surface area contributed by atoms with Gasteiger partial charge in [-0.2, -0.15) is 0 Å². The summed E-state index contributed by atoms with van der Waals surface area (Å²) >= 11 is 0. The van der Waals surface area contributed by atoms with Crippen LogP contribution < -0.4 is 9.47 Å². The van der Waals surface area contributed by atoms with Gasteiger partial charge in [-0.25, -0.2) is 0 Å². The number of aromatic hydroxyl groups is 3. The summed E-state index contributed by atoms with van der Waals surface area (Å²) in [5.74, 6) is 1.24. The van der Waals surface area contributed by atoms with Gasteiger partial charge in [0.1, 0.15) is 6.10 Å². The Labute approximate surface area is 294 Å². The van der Waals surface area contributed by atoms with Crippen molar-refractivity contribution < 1.29 is 39.1 Å². The van der Waals surface area contributed by atoms with Crippen LogP contribution in [0.2, 0.25) is 0 Å². The van der Waals surface area contributed by atoms with Crippen molar-refractivity contribution in [2.45, 2.75) is 81.5 Å². The molecule has 7 rings (SSSR count). The molecule has 49 heavy (non-hydrogen) atoms. The molecule has 2 aromatic carbocycles. The van der Waals surface area contributed by atoms with Gasteiger partial charge in [-0.15, -0.1) is 0 Å². The first-order chi connectivity index (χ1) is 23.8. The van der Waals surface area contributed by atoms with E-state index in [1.165, 1.54) is 19.4 Å². The third-order valence-corrected chi connectivity index (χ3v) is 13.0. The highest BCUT2D eigenvalue weighted by Gasteiger charge is 2.48. The number of ether oxygens (including phenoxy) is 4. The second-order valence-electron chi connectivity index (χ2n) is 13.6. The van der Waals surface area contributed by atoms with E-state index in [1.807, 2.05) is 45.9 Å². The lowest BCUT2D eigenvalue weighted by molar-refractivity contribution is -0.177. The van der Waals surface area contributed by atoms with E-state index >= 15 is 0 Å². The lowest BCUT2D eigenvalue weighted by atomic mass is 9.74. The molecule has 0 amide bonds. The van der Waals surface area contributed by atoms with Crippen LogP contribution in [0.5, 0.6) is 28.7 Å². The molecule has 0 spiro atoms. The van der Waals surface area contributed by atoms with Crippen molar-refractivity contribution in [3.05, 3.63) is 83.7 Å². The lowest BCUT2D eigenvalue weighted by Crippen LogP contribution is -2.50. The third-order valence-electron chi connectivity index (χ3n) is 10.1. The number of carbonyl (C=O) groups is 1. The Morgan fingerprint density at radius 1 is 1.06 bits per heavy atom. The van der Waals surface area contributed by atoms with E-state index in [4.69, 9.17) is 18.9 Å². The average Bonchev–Trinajstić information content (AvgIpc) is 3.09. The van der Waals surface area contributed by atoms with Gasteiger partial charge in [-0.1, -0.05) is 45.9 Å². The Morgan fingerprint density at radius 2 is 1.96 bits per heavy atom. The third kappa shape index (κ3) is 7.94. The van der Waals surface area contributed by atoms with Gasteiger partial charge in [0.25, 0.3) is 0 Å². The molecule has 260 valence electrons. The van der Waals surface area contributed by atoms with Crippen molar-refractivity contribution in [1.29, 1.82) is 0 Å². The quantitative estimate of drug-likeness (QED) is 0.103. The maximum Gasteiger partial charge on any atom is 0.302 e. The molecule has 3 N–H and O–H groups in total. The summed E-state index contributed by atoms with van der Waals surface area (Å²) < 4.78 is 25.3. The highest BCUT2D eigenvalue weighted by molar-refractivity contribution is 8.77. The molecule has 1 saturated carbocycles. The minimum Gasteiger partial charge on any atom is -0.504 e. The predicted octanol–water partition coefficient (Wildman–Crippen LogP) is 7.33. The fourth-order valence-corrected chi connectivity index (χ4v) is 10.9. The highest BCUT2D eigenvalue weighted by Crippen LogP contribution is 2.50. The SMILES string of the molecule is CC(=O)O[C@@H]1C[C@@H](c2cc(O)c(O)c(OCCc3cccnc3)c2)O[C@@H]2C3Cc4ccc(O)c(c4)O[C@H]4CCC[C@H](CSS[C@@H]3C=C[C@@H]21)C4. The Balaban J connectivity index is 1.19. The fraction of sp³-hybridized carbons (Fsp3) is 0.474. The number of aromatic nitrogens is 1. The van der Waals surface area contributed by atoms with E-state index < -0.39 is 12.2 Å². The van der Waals surface area contributed by atoms with Crippen molar-refractivity contribution in [2.75, 3.05) is 12.4 Å². The van der Waals surface area contributed by atoms with Gasteiger partial charge < -0.3 is 34.3 Å². The molecule has 4 aliphatic rings. The molecule has 2 fully saturated rings.